The largest absolute Gasteiger partial charge is 0.434 e. The summed E-state index contributed by atoms with van der Waals surface area (Å²) in [4.78, 5) is 27.3. The highest BCUT2D eigenvalue weighted by Gasteiger charge is 2.39. The summed E-state index contributed by atoms with van der Waals surface area (Å²) in [5.74, 6) is -0.578. The summed E-state index contributed by atoms with van der Waals surface area (Å²) in [5.41, 5.74) is 2.01. The second-order valence-electron chi connectivity index (χ2n) is 10.8. The maximum atomic E-state index is 13.7. The molecule has 11 heteroatoms. The Kier molecular flexibility index (Phi) is 10.9. The van der Waals surface area contributed by atoms with Crippen molar-refractivity contribution in [1.29, 1.82) is 0 Å². The van der Waals surface area contributed by atoms with Crippen LogP contribution in [0, 0.1) is 5.92 Å². The van der Waals surface area contributed by atoms with Crippen LogP contribution in [0.4, 0.5) is 10.5 Å². The van der Waals surface area contributed by atoms with Gasteiger partial charge >= 0.3 is 6.09 Å². The van der Waals surface area contributed by atoms with Crippen molar-refractivity contribution < 1.29 is 33.0 Å². The van der Waals surface area contributed by atoms with Crippen molar-refractivity contribution in [2.24, 2.45) is 5.92 Å². The number of amides is 2. The normalized spacial score (nSPS) is 17.4. The van der Waals surface area contributed by atoms with Crippen molar-refractivity contribution in [3.63, 3.8) is 0 Å². The molecule has 43 heavy (non-hydrogen) atoms. The van der Waals surface area contributed by atoms with Crippen molar-refractivity contribution >= 4 is 27.7 Å². The van der Waals surface area contributed by atoms with Gasteiger partial charge in [0, 0.05) is 18.8 Å². The Morgan fingerprint density at radius 2 is 1.63 bits per heavy atom. The van der Waals surface area contributed by atoms with Gasteiger partial charge in [0.2, 0.25) is 10.0 Å². The van der Waals surface area contributed by atoms with Gasteiger partial charge in [0.05, 0.1) is 30.2 Å². The minimum absolute atomic E-state index is 0.00118. The Bertz CT molecular complexity index is 1450. The van der Waals surface area contributed by atoms with E-state index in [2.05, 4.69) is 5.32 Å². The fraction of sp³-hybridized carbons (Fsp3) is 0.375. The number of hydrogen-bond acceptors (Lipinski definition) is 7. The van der Waals surface area contributed by atoms with Gasteiger partial charge in [-0.05, 0) is 47.7 Å². The molecule has 4 atom stereocenters. The summed E-state index contributed by atoms with van der Waals surface area (Å²) in [6.07, 6.45) is -2.10. The van der Waals surface area contributed by atoms with E-state index in [1.54, 1.807) is 36.4 Å². The van der Waals surface area contributed by atoms with Gasteiger partial charge < -0.3 is 20.3 Å². The van der Waals surface area contributed by atoms with Crippen LogP contribution >= 0.6 is 0 Å². The number of ether oxygens (including phenoxy) is 1. The molecule has 230 valence electrons. The van der Waals surface area contributed by atoms with E-state index in [9.17, 15) is 28.2 Å². The number of carbonyl (C=O) groups excluding carboxylic acids is 2. The molecule has 0 bridgehead atoms. The Morgan fingerprint density at radius 1 is 1.00 bits per heavy atom. The monoisotopic (exact) mass is 609 g/mol. The number of anilines is 1. The first-order valence-corrected chi connectivity index (χ1v) is 15.8. The second-order valence-corrected chi connectivity index (χ2v) is 12.8. The summed E-state index contributed by atoms with van der Waals surface area (Å²) in [6.45, 7) is 3.57. The van der Waals surface area contributed by atoms with Crippen LogP contribution in [-0.4, -0.2) is 72.8 Å². The van der Waals surface area contributed by atoms with E-state index in [0.29, 0.717) is 11.3 Å². The van der Waals surface area contributed by atoms with Crippen molar-refractivity contribution in [2.75, 3.05) is 24.5 Å². The van der Waals surface area contributed by atoms with Gasteiger partial charge in [0.25, 0.3) is 5.91 Å². The predicted octanol–water partition coefficient (Wildman–Crippen LogP) is 3.33. The number of cyclic esters (lactones) is 1. The summed E-state index contributed by atoms with van der Waals surface area (Å²) < 4.78 is 34.1. The molecule has 3 aromatic carbocycles. The molecule has 0 saturated carbocycles. The zero-order valence-electron chi connectivity index (χ0n) is 24.4. The number of rotatable bonds is 14. The summed E-state index contributed by atoms with van der Waals surface area (Å²) >= 11 is 0. The molecule has 1 fully saturated rings. The fourth-order valence-corrected chi connectivity index (χ4v) is 6.42. The molecule has 3 N–H and O–H groups in total. The maximum Gasteiger partial charge on any atom is 0.415 e. The van der Waals surface area contributed by atoms with Gasteiger partial charge in [-0.2, -0.15) is 4.31 Å². The highest BCUT2D eigenvalue weighted by molar-refractivity contribution is 7.89. The van der Waals surface area contributed by atoms with E-state index in [4.69, 9.17) is 4.74 Å². The Morgan fingerprint density at radius 3 is 2.23 bits per heavy atom. The maximum absolute atomic E-state index is 13.7. The first kappa shape index (κ1) is 32.2. The van der Waals surface area contributed by atoms with Crippen LogP contribution in [0.5, 0.6) is 0 Å². The lowest BCUT2D eigenvalue weighted by Crippen LogP contribution is -2.53. The van der Waals surface area contributed by atoms with Gasteiger partial charge in [-0.3, -0.25) is 9.69 Å². The third-order valence-corrected chi connectivity index (χ3v) is 9.46. The van der Waals surface area contributed by atoms with Gasteiger partial charge in [-0.1, -0.05) is 80.9 Å². The third-order valence-electron chi connectivity index (χ3n) is 7.61. The molecule has 0 aliphatic carbocycles. The zero-order valence-corrected chi connectivity index (χ0v) is 25.2. The molecule has 1 heterocycles. The lowest BCUT2D eigenvalue weighted by molar-refractivity contribution is -0.129. The quantitative estimate of drug-likeness (QED) is 0.255. The number of benzene rings is 3. The average Bonchev–Trinajstić information content (AvgIpc) is 3.42. The van der Waals surface area contributed by atoms with Gasteiger partial charge in [-0.25, -0.2) is 13.2 Å². The van der Waals surface area contributed by atoms with Crippen LogP contribution in [0.2, 0.25) is 0 Å². The van der Waals surface area contributed by atoms with Crippen molar-refractivity contribution in [3.05, 3.63) is 96.1 Å². The van der Waals surface area contributed by atoms with Crippen LogP contribution in [0.3, 0.4) is 0 Å². The molecular weight excluding hydrogens is 570 g/mol. The molecule has 0 radical (unpaired) electrons. The van der Waals surface area contributed by atoms with Crippen molar-refractivity contribution in [3.8, 4) is 0 Å². The van der Waals surface area contributed by atoms with Gasteiger partial charge in [0.1, 0.15) is 0 Å². The van der Waals surface area contributed by atoms with Crippen molar-refractivity contribution in [2.45, 2.75) is 56.4 Å². The van der Waals surface area contributed by atoms with Crippen LogP contribution in [0.15, 0.2) is 89.8 Å². The van der Waals surface area contributed by atoms with Crippen LogP contribution in [0.25, 0.3) is 0 Å². The number of aliphatic hydroxyl groups excluding tert-OH is 2. The van der Waals surface area contributed by atoms with Crippen LogP contribution in [0.1, 0.15) is 31.4 Å². The van der Waals surface area contributed by atoms with E-state index in [1.807, 2.05) is 50.2 Å². The zero-order chi connectivity index (χ0) is 31.0. The van der Waals surface area contributed by atoms with E-state index < -0.39 is 40.3 Å². The summed E-state index contributed by atoms with van der Waals surface area (Å²) in [5, 5.41) is 23.7. The second kappa shape index (κ2) is 14.6. The Balaban J connectivity index is 1.56. The number of nitrogens with zero attached hydrogens (tertiary/aromatic N) is 2. The summed E-state index contributed by atoms with van der Waals surface area (Å²) in [6, 6.07) is 23.2. The lowest BCUT2D eigenvalue weighted by atomic mass is 10.0. The lowest BCUT2D eigenvalue weighted by Gasteiger charge is -2.31. The molecule has 0 unspecified atom stereocenters. The molecule has 1 saturated heterocycles. The minimum atomic E-state index is -4.02. The van der Waals surface area contributed by atoms with E-state index in [0.717, 1.165) is 12.0 Å². The van der Waals surface area contributed by atoms with E-state index in [-0.39, 0.29) is 43.5 Å². The number of nitrogens with one attached hydrogen (secondary N) is 1. The number of hydrogen-bond donors (Lipinski definition) is 3. The standard InChI is InChI=1S/C32H39N3O7S/c1-3-23(2)19-34(43(40,41)27-16-14-25(22-36)15-17-27)20-29(37)28(18-24-10-6-4-7-11-24)33-31(38)30-21-35(32(39)42-30)26-12-8-5-9-13-26/h4-17,23,28-30,36-37H,3,18-22H2,1-2H3,(H,33,38)/t23-,28-,29+,30-/m0/s1. The average molecular weight is 610 g/mol. The van der Waals surface area contributed by atoms with Crippen LogP contribution < -0.4 is 10.2 Å². The topological polar surface area (TPSA) is 136 Å². The first-order chi connectivity index (χ1) is 20.6. The molecular formula is C32H39N3O7S. The Labute approximate surface area is 253 Å². The molecule has 2 amide bonds. The number of carbonyl (C=O) groups is 2. The SMILES string of the molecule is CC[C@H](C)CN(C[C@@H](O)[C@H](Cc1ccccc1)NC(=O)[C@@H]1CN(c2ccccc2)C(=O)O1)S(=O)(=O)c1ccc(CO)cc1. The molecule has 10 nitrogen and oxygen atoms in total. The number of sulfonamides is 1. The fourth-order valence-electron chi connectivity index (χ4n) is 4.84. The van der Waals surface area contributed by atoms with E-state index >= 15 is 0 Å². The minimum Gasteiger partial charge on any atom is -0.434 e. The molecule has 1 aliphatic rings. The van der Waals surface area contributed by atoms with Crippen LogP contribution in [-0.2, 0) is 32.6 Å². The van der Waals surface area contributed by atoms with Crippen molar-refractivity contribution in [1.82, 2.24) is 9.62 Å². The van der Waals surface area contributed by atoms with Gasteiger partial charge in [0.15, 0.2) is 6.10 Å². The molecule has 4 rings (SSSR count). The smallest absolute Gasteiger partial charge is 0.415 e. The number of para-hydroxylation sites is 1. The molecule has 3 aromatic rings. The molecule has 1 aliphatic heterocycles. The molecule has 0 aromatic heterocycles. The predicted molar refractivity (Wildman–Crippen MR) is 163 cm³/mol. The first-order valence-electron chi connectivity index (χ1n) is 14.4. The highest BCUT2D eigenvalue weighted by atomic mass is 32.2. The highest BCUT2D eigenvalue weighted by Crippen LogP contribution is 2.23. The van der Waals surface area contributed by atoms with E-state index in [1.165, 1.54) is 21.3 Å². The number of aliphatic hydroxyl groups is 2. The summed E-state index contributed by atoms with van der Waals surface area (Å²) in [7, 11) is -4.02. The third kappa shape index (κ3) is 8.20. The Hall–Kier alpha value is -3.77. The van der Waals surface area contributed by atoms with Gasteiger partial charge in [-0.15, -0.1) is 0 Å². The molecule has 0 spiro atoms.